The van der Waals surface area contributed by atoms with Gasteiger partial charge >= 0.3 is 6.18 Å². The molecule has 1 aliphatic carbocycles. The van der Waals surface area contributed by atoms with E-state index in [9.17, 15) is 18.0 Å². The van der Waals surface area contributed by atoms with Crippen molar-refractivity contribution in [2.24, 2.45) is 0 Å². The van der Waals surface area contributed by atoms with Gasteiger partial charge in [-0.1, -0.05) is 35.9 Å². The number of aromatic nitrogens is 2. The molecule has 1 aliphatic rings. The van der Waals surface area contributed by atoms with E-state index in [0.29, 0.717) is 5.02 Å². The van der Waals surface area contributed by atoms with Crippen molar-refractivity contribution in [3.63, 3.8) is 0 Å². The van der Waals surface area contributed by atoms with Crippen molar-refractivity contribution in [1.29, 1.82) is 0 Å². The first-order valence-corrected chi connectivity index (χ1v) is 9.26. The Bertz CT molecular complexity index is 1020. The summed E-state index contributed by atoms with van der Waals surface area (Å²) in [6.07, 6.45) is -2.25. The van der Waals surface area contributed by atoms with Crippen LogP contribution in [0.4, 0.5) is 13.2 Å². The lowest BCUT2D eigenvalue weighted by molar-refractivity contribution is -0.147. The van der Waals surface area contributed by atoms with Gasteiger partial charge in [0.15, 0.2) is 0 Å². The summed E-state index contributed by atoms with van der Waals surface area (Å²) in [5.41, 5.74) is 0.831. The van der Waals surface area contributed by atoms with Gasteiger partial charge in [-0.15, -0.1) is 0 Å². The second-order valence-electron chi connectivity index (χ2n) is 7.00. The van der Waals surface area contributed by atoms with Crippen LogP contribution in [-0.2, 0) is 23.1 Å². The van der Waals surface area contributed by atoms with E-state index in [1.165, 1.54) is 12.1 Å². The van der Waals surface area contributed by atoms with Gasteiger partial charge in [-0.2, -0.15) is 13.2 Å². The van der Waals surface area contributed by atoms with E-state index in [4.69, 9.17) is 11.6 Å². The van der Waals surface area contributed by atoms with Gasteiger partial charge in [-0.25, -0.2) is 4.98 Å². The quantitative estimate of drug-likeness (QED) is 0.668. The number of carbonyl (C=O) groups excluding carboxylic acids is 1. The van der Waals surface area contributed by atoms with Crippen LogP contribution in [0.15, 0.2) is 48.5 Å². The van der Waals surface area contributed by atoms with Gasteiger partial charge in [-0.05, 0) is 49.1 Å². The van der Waals surface area contributed by atoms with E-state index in [1.54, 1.807) is 24.3 Å². The van der Waals surface area contributed by atoms with Gasteiger partial charge in [-0.3, -0.25) is 4.79 Å². The number of hydrogen-bond acceptors (Lipinski definition) is 2. The number of hydrogen-bond donors (Lipinski definition) is 1. The normalized spacial score (nSPS) is 16.0. The molecule has 146 valence electrons. The Morgan fingerprint density at radius 3 is 2.43 bits per heavy atom. The third-order valence-corrected chi connectivity index (χ3v) is 5.44. The fourth-order valence-corrected chi connectivity index (χ4v) is 3.81. The van der Waals surface area contributed by atoms with Gasteiger partial charge in [0.2, 0.25) is 11.7 Å². The highest BCUT2D eigenvalue weighted by molar-refractivity contribution is 6.30. The molecule has 0 bridgehead atoms. The van der Waals surface area contributed by atoms with Gasteiger partial charge in [0.1, 0.15) is 6.54 Å². The zero-order valence-electron chi connectivity index (χ0n) is 14.8. The molecule has 0 radical (unpaired) electrons. The molecule has 1 N–H and O–H groups in total. The molecule has 4 nitrogen and oxygen atoms in total. The van der Waals surface area contributed by atoms with Crippen molar-refractivity contribution in [3.05, 3.63) is 64.9 Å². The van der Waals surface area contributed by atoms with E-state index < -0.39 is 30.0 Å². The van der Waals surface area contributed by atoms with Crippen molar-refractivity contribution < 1.29 is 18.0 Å². The number of imidazole rings is 1. The van der Waals surface area contributed by atoms with Gasteiger partial charge in [0.05, 0.1) is 16.6 Å². The summed E-state index contributed by atoms with van der Waals surface area (Å²) in [5, 5.41) is 3.54. The second-order valence-corrected chi connectivity index (χ2v) is 7.44. The largest absolute Gasteiger partial charge is 0.449 e. The Balaban J connectivity index is 1.63. The zero-order valence-corrected chi connectivity index (χ0v) is 15.5. The predicted octanol–water partition coefficient (Wildman–Crippen LogP) is 4.90. The lowest BCUT2D eigenvalue weighted by atomic mass is 9.72. The van der Waals surface area contributed by atoms with E-state index >= 15 is 0 Å². The summed E-state index contributed by atoms with van der Waals surface area (Å²) < 4.78 is 41.2. The van der Waals surface area contributed by atoms with Crippen molar-refractivity contribution in [2.75, 3.05) is 0 Å². The number of benzene rings is 2. The third-order valence-electron chi connectivity index (χ3n) is 5.19. The maximum absolute atomic E-state index is 13.4. The molecule has 1 amide bonds. The summed E-state index contributed by atoms with van der Waals surface area (Å²) in [7, 11) is 0. The van der Waals surface area contributed by atoms with E-state index in [0.717, 1.165) is 29.4 Å². The molecule has 28 heavy (non-hydrogen) atoms. The van der Waals surface area contributed by atoms with Crippen molar-refractivity contribution >= 4 is 28.5 Å². The zero-order chi connectivity index (χ0) is 19.9. The number of amides is 1. The Morgan fingerprint density at radius 1 is 1.14 bits per heavy atom. The standard InChI is InChI=1S/C20H17ClF3N3O/c21-14-8-6-13(7-9-14)19(10-3-11-19)26-17(28)12-27-16-5-2-1-4-15(16)25-18(27)20(22,23)24/h1-2,4-9H,3,10-12H2,(H,26,28). The van der Waals surface area contributed by atoms with Crippen molar-refractivity contribution in [3.8, 4) is 0 Å². The average molecular weight is 408 g/mol. The first kappa shape index (κ1) is 18.8. The molecule has 0 unspecified atom stereocenters. The minimum atomic E-state index is -4.65. The maximum atomic E-state index is 13.4. The highest BCUT2D eigenvalue weighted by Gasteiger charge is 2.41. The number of nitrogens with zero attached hydrogens (tertiary/aromatic N) is 2. The monoisotopic (exact) mass is 407 g/mol. The topological polar surface area (TPSA) is 46.9 Å². The first-order valence-electron chi connectivity index (χ1n) is 8.88. The molecule has 0 aliphatic heterocycles. The van der Waals surface area contributed by atoms with Crippen molar-refractivity contribution in [2.45, 2.75) is 37.5 Å². The minimum absolute atomic E-state index is 0.207. The summed E-state index contributed by atoms with van der Waals surface area (Å²) in [6.45, 7) is -0.454. The van der Waals surface area contributed by atoms with E-state index in [1.807, 2.05) is 12.1 Å². The average Bonchev–Trinajstić information content (AvgIpc) is 2.98. The maximum Gasteiger partial charge on any atom is 0.449 e. The number of para-hydroxylation sites is 2. The van der Waals surface area contributed by atoms with Crippen LogP contribution in [0.2, 0.25) is 5.02 Å². The van der Waals surface area contributed by atoms with Crippen LogP contribution in [0.5, 0.6) is 0 Å². The Labute approximate surface area is 164 Å². The molecule has 8 heteroatoms. The van der Waals surface area contributed by atoms with Gasteiger partial charge in [0, 0.05) is 5.02 Å². The summed E-state index contributed by atoms with van der Waals surface area (Å²) in [5.74, 6) is -1.55. The Hall–Kier alpha value is -2.54. The molecular weight excluding hydrogens is 391 g/mol. The molecule has 3 aromatic rings. The molecule has 0 saturated heterocycles. The molecule has 4 rings (SSSR count). The summed E-state index contributed by atoms with van der Waals surface area (Å²) in [4.78, 5) is 16.4. The Kier molecular flexibility index (Phi) is 4.57. The smallest absolute Gasteiger partial charge is 0.345 e. The fourth-order valence-electron chi connectivity index (χ4n) is 3.69. The van der Waals surface area contributed by atoms with Crippen LogP contribution >= 0.6 is 11.6 Å². The first-order chi connectivity index (χ1) is 13.3. The second kappa shape index (κ2) is 6.81. The molecule has 0 atom stereocenters. The molecule has 2 aromatic carbocycles. The molecular formula is C20H17ClF3N3O. The lowest BCUT2D eigenvalue weighted by Crippen LogP contribution is -2.51. The Morgan fingerprint density at radius 2 is 1.82 bits per heavy atom. The molecule has 1 saturated carbocycles. The SMILES string of the molecule is O=C(Cn1c(C(F)(F)F)nc2ccccc21)NC1(c2ccc(Cl)cc2)CCC1. The number of rotatable bonds is 4. The van der Waals surface area contributed by atoms with Gasteiger partial charge < -0.3 is 9.88 Å². The highest BCUT2D eigenvalue weighted by atomic mass is 35.5. The van der Waals surface area contributed by atoms with E-state index in [2.05, 4.69) is 10.3 Å². The number of halogens is 4. The van der Waals surface area contributed by atoms with E-state index in [-0.39, 0.29) is 11.0 Å². The van der Waals surface area contributed by atoms with Crippen molar-refractivity contribution in [1.82, 2.24) is 14.9 Å². The number of carbonyl (C=O) groups is 1. The van der Waals surface area contributed by atoms with Gasteiger partial charge in [0.25, 0.3) is 0 Å². The summed E-state index contributed by atoms with van der Waals surface area (Å²) in [6, 6.07) is 13.4. The molecule has 1 aromatic heterocycles. The number of alkyl halides is 3. The van der Waals surface area contributed by atoms with Crippen LogP contribution in [0.1, 0.15) is 30.7 Å². The fraction of sp³-hybridized carbons (Fsp3) is 0.300. The van der Waals surface area contributed by atoms with Crippen LogP contribution in [0, 0.1) is 0 Å². The van der Waals surface area contributed by atoms with Crippen LogP contribution in [0.25, 0.3) is 11.0 Å². The number of nitrogens with one attached hydrogen (secondary N) is 1. The summed E-state index contributed by atoms with van der Waals surface area (Å²) >= 11 is 5.93. The van der Waals surface area contributed by atoms with Crippen LogP contribution in [0.3, 0.4) is 0 Å². The van der Waals surface area contributed by atoms with Crippen LogP contribution < -0.4 is 5.32 Å². The minimum Gasteiger partial charge on any atom is -0.345 e. The number of fused-ring (bicyclic) bond motifs is 1. The molecule has 0 spiro atoms. The molecule has 1 heterocycles. The lowest BCUT2D eigenvalue weighted by Gasteiger charge is -2.43. The van der Waals surface area contributed by atoms with Crippen LogP contribution in [-0.4, -0.2) is 15.5 Å². The third kappa shape index (κ3) is 3.35. The predicted molar refractivity (Wildman–Crippen MR) is 99.9 cm³/mol. The molecule has 1 fully saturated rings. The highest BCUT2D eigenvalue weighted by Crippen LogP contribution is 2.41.